The Labute approximate surface area is 168 Å². The lowest BCUT2D eigenvalue weighted by Gasteiger charge is -2.19. The summed E-state index contributed by atoms with van der Waals surface area (Å²) >= 11 is 0. The maximum absolute atomic E-state index is 12.7. The Morgan fingerprint density at radius 2 is 1.38 bits per heavy atom. The Morgan fingerprint density at radius 3 is 1.93 bits per heavy atom. The highest BCUT2D eigenvalue weighted by atomic mass is 16.2. The van der Waals surface area contributed by atoms with E-state index in [0.29, 0.717) is 30.2 Å². The number of rotatable bonds is 7. The number of hydrogen-bond donors (Lipinski definition) is 3. The van der Waals surface area contributed by atoms with Crippen LogP contribution in [0.1, 0.15) is 27.7 Å². The van der Waals surface area contributed by atoms with E-state index in [4.69, 9.17) is 5.84 Å². The number of hydrazine groups is 1. The van der Waals surface area contributed by atoms with Gasteiger partial charge in [-0.3, -0.25) is 33.9 Å². The van der Waals surface area contributed by atoms with E-state index in [0.717, 1.165) is 4.57 Å². The van der Waals surface area contributed by atoms with Crippen molar-refractivity contribution in [1.29, 1.82) is 0 Å². The molecule has 29 heavy (non-hydrogen) atoms. The Morgan fingerprint density at radius 1 is 0.862 bits per heavy atom. The average molecular weight is 406 g/mol. The molecule has 0 bridgehead atoms. The van der Waals surface area contributed by atoms with Crippen molar-refractivity contribution < 1.29 is 0 Å². The van der Waals surface area contributed by atoms with Gasteiger partial charge in [-0.15, -0.1) is 0 Å². The highest BCUT2D eigenvalue weighted by Gasteiger charge is 2.13. The number of nitrogens with one attached hydrogen (secondary N) is 2. The van der Waals surface area contributed by atoms with E-state index in [1.807, 2.05) is 27.7 Å². The van der Waals surface area contributed by atoms with Gasteiger partial charge >= 0.3 is 11.4 Å². The highest BCUT2D eigenvalue weighted by molar-refractivity contribution is 5.44. The maximum Gasteiger partial charge on any atom is 0.332 e. The summed E-state index contributed by atoms with van der Waals surface area (Å²) in [4.78, 5) is 37.3. The van der Waals surface area contributed by atoms with Crippen molar-refractivity contribution in [2.24, 2.45) is 36.9 Å². The first kappa shape index (κ1) is 22.1. The molecule has 2 rings (SSSR count). The summed E-state index contributed by atoms with van der Waals surface area (Å²) in [6.45, 7) is 8.81. The second kappa shape index (κ2) is 8.84. The fraction of sp³-hybridized carbons (Fsp3) is 0.556. The van der Waals surface area contributed by atoms with Crippen molar-refractivity contribution in [2.75, 3.05) is 10.9 Å². The quantitative estimate of drug-likeness (QED) is 0.422. The van der Waals surface area contributed by atoms with Crippen LogP contribution in [0.15, 0.2) is 31.6 Å². The molecule has 2 heterocycles. The van der Waals surface area contributed by atoms with Gasteiger partial charge in [-0.05, 0) is 11.8 Å². The van der Waals surface area contributed by atoms with Gasteiger partial charge in [0.2, 0.25) is 0 Å². The number of hydrogen-bond acceptors (Lipinski definition) is 7. The second-order valence-corrected chi connectivity index (χ2v) is 7.83. The summed E-state index contributed by atoms with van der Waals surface area (Å²) in [5, 5.41) is 3.71. The standard InChI is InChI=1S/C18H30N8O3/c1-11(2)9-25-13(20-19)7-14(23(5)17(25)28)21-22-15-8-16(27)24(6)18(29)26(15)10-12(3)4/h7-8,11-12,21-22H,9-10,19H2,1-6H3. The average Bonchev–Trinajstić information content (AvgIpc) is 2.65. The molecule has 0 fully saturated rings. The minimum absolute atomic E-state index is 0.185. The van der Waals surface area contributed by atoms with Gasteiger partial charge in [0, 0.05) is 39.3 Å². The van der Waals surface area contributed by atoms with E-state index < -0.39 is 11.2 Å². The van der Waals surface area contributed by atoms with Crippen LogP contribution < -0.4 is 39.1 Å². The van der Waals surface area contributed by atoms with Crippen LogP contribution in [0.25, 0.3) is 0 Å². The maximum atomic E-state index is 12.7. The molecule has 2 aromatic heterocycles. The second-order valence-electron chi connectivity index (χ2n) is 7.83. The summed E-state index contributed by atoms with van der Waals surface area (Å²) in [5.41, 5.74) is 4.92. The molecule has 0 aliphatic heterocycles. The number of anilines is 2. The molecule has 160 valence electrons. The number of aromatic nitrogens is 4. The minimum Gasteiger partial charge on any atom is -0.321 e. The van der Waals surface area contributed by atoms with Crippen molar-refractivity contribution in [3.05, 3.63) is 48.9 Å². The topological polar surface area (TPSA) is 133 Å². The van der Waals surface area contributed by atoms with Crippen molar-refractivity contribution >= 4 is 11.6 Å². The number of nitrogens with zero attached hydrogens (tertiary/aromatic N) is 5. The van der Waals surface area contributed by atoms with Crippen LogP contribution in [0.3, 0.4) is 0 Å². The monoisotopic (exact) mass is 406 g/mol. The molecule has 0 amide bonds. The smallest absolute Gasteiger partial charge is 0.321 e. The largest absolute Gasteiger partial charge is 0.332 e. The first-order chi connectivity index (χ1) is 13.6. The first-order valence-corrected chi connectivity index (χ1v) is 9.44. The zero-order valence-electron chi connectivity index (χ0n) is 17.8. The minimum atomic E-state index is -0.436. The van der Waals surface area contributed by atoms with E-state index in [1.165, 1.54) is 26.8 Å². The predicted molar refractivity (Wildman–Crippen MR) is 112 cm³/mol. The van der Waals surface area contributed by atoms with Gasteiger partial charge in [0.25, 0.3) is 5.56 Å². The van der Waals surface area contributed by atoms with E-state index in [2.05, 4.69) is 16.0 Å². The summed E-state index contributed by atoms with van der Waals surface area (Å²) in [7, 11) is 3.04. The van der Waals surface area contributed by atoms with Crippen LogP contribution in [-0.4, -0.2) is 18.3 Å². The normalized spacial score (nSPS) is 12.1. The van der Waals surface area contributed by atoms with E-state index >= 15 is 0 Å². The molecular formula is C18H30N8O3. The third-order valence-corrected chi connectivity index (χ3v) is 4.37. The molecule has 0 unspecified atom stereocenters. The molecule has 0 spiro atoms. The molecule has 4 N–H and O–H groups in total. The zero-order chi connectivity index (χ0) is 21.9. The SMILES string of the molecule is CC(C)Cn1c(NNc2cc(=NN)n(CC(C)C)c(=O)n2C)cc(=O)n(C)c1=O. The number of nitrogens with two attached hydrogens (primary N) is 1. The molecule has 0 aliphatic carbocycles. The molecule has 0 radical (unpaired) electrons. The lowest BCUT2D eigenvalue weighted by atomic mass is 10.2. The lowest BCUT2D eigenvalue weighted by molar-refractivity contribution is 0.474. The summed E-state index contributed by atoms with van der Waals surface area (Å²) in [6.07, 6.45) is 0. The van der Waals surface area contributed by atoms with Crippen LogP contribution in [0.5, 0.6) is 0 Å². The van der Waals surface area contributed by atoms with Gasteiger partial charge in [-0.1, -0.05) is 27.7 Å². The predicted octanol–water partition coefficient (Wildman–Crippen LogP) is -0.427. The summed E-state index contributed by atoms with van der Waals surface area (Å²) in [6, 6.07) is 2.94. The fourth-order valence-corrected chi connectivity index (χ4v) is 2.89. The molecule has 11 nitrogen and oxygen atoms in total. The van der Waals surface area contributed by atoms with Gasteiger partial charge in [-0.2, -0.15) is 5.10 Å². The Balaban J connectivity index is 2.48. The van der Waals surface area contributed by atoms with Gasteiger partial charge < -0.3 is 5.84 Å². The summed E-state index contributed by atoms with van der Waals surface area (Å²) in [5.74, 6) is 6.57. The van der Waals surface area contributed by atoms with Gasteiger partial charge in [0.15, 0.2) is 5.49 Å². The zero-order valence-corrected chi connectivity index (χ0v) is 17.8. The third kappa shape index (κ3) is 4.79. The highest BCUT2D eigenvalue weighted by Crippen LogP contribution is 2.07. The van der Waals surface area contributed by atoms with Crippen LogP contribution in [0, 0.1) is 11.8 Å². The van der Waals surface area contributed by atoms with Gasteiger partial charge in [0.05, 0.1) is 0 Å². The van der Waals surface area contributed by atoms with Crippen molar-refractivity contribution in [3.63, 3.8) is 0 Å². The Kier molecular flexibility index (Phi) is 6.72. The molecule has 11 heteroatoms. The first-order valence-electron chi connectivity index (χ1n) is 9.44. The van der Waals surface area contributed by atoms with Crippen LogP contribution >= 0.6 is 0 Å². The van der Waals surface area contributed by atoms with Crippen LogP contribution in [-0.2, 0) is 27.2 Å². The van der Waals surface area contributed by atoms with Crippen LogP contribution in [0.2, 0.25) is 0 Å². The lowest BCUT2D eigenvalue weighted by Crippen LogP contribution is -2.42. The molecule has 0 aliphatic rings. The Bertz CT molecular complexity index is 1120. The molecular weight excluding hydrogens is 376 g/mol. The van der Waals surface area contributed by atoms with E-state index in [9.17, 15) is 14.4 Å². The molecule has 0 saturated heterocycles. The van der Waals surface area contributed by atoms with Gasteiger partial charge in [0.1, 0.15) is 11.6 Å². The fourth-order valence-electron chi connectivity index (χ4n) is 2.89. The molecule has 0 aromatic carbocycles. The van der Waals surface area contributed by atoms with Gasteiger partial charge in [-0.25, -0.2) is 9.59 Å². The van der Waals surface area contributed by atoms with Crippen molar-refractivity contribution in [2.45, 2.75) is 40.8 Å². The summed E-state index contributed by atoms with van der Waals surface area (Å²) < 4.78 is 5.40. The molecule has 0 saturated carbocycles. The molecule has 0 atom stereocenters. The van der Waals surface area contributed by atoms with E-state index in [1.54, 1.807) is 13.1 Å². The molecule has 2 aromatic rings. The van der Waals surface area contributed by atoms with Crippen molar-refractivity contribution in [3.8, 4) is 0 Å². The Hall–Kier alpha value is -3.24. The van der Waals surface area contributed by atoms with Crippen LogP contribution in [0.4, 0.5) is 11.6 Å². The van der Waals surface area contributed by atoms with E-state index in [-0.39, 0.29) is 17.5 Å². The third-order valence-electron chi connectivity index (χ3n) is 4.37. The van der Waals surface area contributed by atoms with Crippen molar-refractivity contribution in [1.82, 2.24) is 18.3 Å².